The average molecular weight is 250 g/mol. The Balaban J connectivity index is 1.87. The monoisotopic (exact) mass is 250 g/mol. The highest BCUT2D eigenvalue weighted by atomic mass is 16.2. The van der Waals surface area contributed by atoms with Crippen molar-refractivity contribution < 1.29 is 4.79 Å². The fourth-order valence-electron chi connectivity index (χ4n) is 5.96. The molecule has 18 heavy (non-hydrogen) atoms. The minimum absolute atomic E-state index is 0.0316. The van der Waals surface area contributed by atoms with E-state index in [0.29, 0.717) is 10.8 Å². The predicted octanol–water partition coefficient (Wildman–Crippen LogP) is 2.20. The molecule has 4 rings (SSSR count). The molecule has 0 aliphatic heterocycles. The molecule has 3 heteroatoms. The molecule has 0 heterocycles. The molecule has 3 atom stereocenters. The molecule has 4 saturated carbocycles. The third-order valence-electron chi connectivity index (χ3n) is 5.43. The SMILES string of the molecule is C[C@@H](N)C(=O)NC12CC3CC(C)(CC(C)(C3)C1)C2. The van der Waals surface area contributed by atoms with E-state index >= 15 is 0 Å². The van der Waals surface area contributed by atoms with Crippen molar-refractivity contribution in [3.63, 3.8) is 0 Å². The van der Waals surface area contributed by atoms with Crippen molar-refractivity contribution in [2.75, 3.05) is 0 Å². The van der Waals surface area contributed by atoms with Gasteiger partial charge in [0, 0.05) is 5.54 Å². The number of carbonyl (C=O) groups is 1. The van der Waals surface area contributed by atoms with Gasteiger partial charge in [-0.1, -0.05) is 13.8 Å². The number of amides is 1. The van der Waals surface area contributed by atoms with E-state index < -0.39 is 6.04 Å². The first kappa shape index (κ1) is 12.5. The molecule has 3 nitrogen and oxygen atoms in total. The summed E-state index contributed by atoms with van der Waals surface area (Å²) >= 11 is 0. The summed E-state index contributed by atoms with van der Waals surface area (Å²) in [4.78, 5) is 12.0. The first-order valence-electron chi connectivity index (χ1n) is 7.31. The highest BCUT2D eigenvalue weighted by molar-refractivity contribution is 5.81. The van der Waals surface area contributed by atoms with E-state index in [0.717, 1.165) is 18.8 Å². The standard InChI is InChI=1S/C15H26N2O/c1-10(16)12(18)17-15-6-11-4-13(2,8-15)7-14(3,5-11)9-15/h10-11H,4-9,16H2,1-3H3,(H,17,18)/t10-,11?,13?,14?,15?/m1/s1. The summed E-state index contributed by atoms with van der Waals surface area (Å²) < 4.78 is 0. The summed E-state index contributed by atoms with van der Waals surface area (Å²) in [5.74, 6) is 0.841. The van der Waals surface area contributed by atoms with Gasteiger partial charge in [-0.2, -0.15) is 0 Å². The van der Waals surface area contributed by atoms with E-state index in [-0.39, 0.29) is 11.4 Å². The van der Waals surface area contributed by atoms with Gasteiger partial charge in [-0.15, -0.1) is 0 Å². The van der Waals surface area contributed by atoms with Crippen molar-refractivity contribution in [1.82, 2.24) is 5.32 Å². The summed E-state index contributed by atoms with van der Waals surface area (Å²) in [6.07, 6.45) is 7.55. The van der Waals surface area contributed by atoms with Gasteiger partial charge in [0.1, 0.15) is 0 Å². The molecule has 0 aromatic heterocycles. The Kier molecular flexibility index (Phi) is 2.42. The summed E-state index contributed by atoms with van der Waals surface area (Å²) in [7, 11) is 0. The summed E-state index contributed by atoms with van der Waals surface area (Å²) in [6, 6.07) is -0.390. The average Bonchev–Trinajstić information content (AvgIpc) is 2.09. The Morgan fingerprint density at radius 3 is 2.17 bits per heavy atom. The van der Waals surface area contributed by atoms with E-state index in [9.17, 15) is 4.79 Å². The molecule has 0 aromatic rings. The number of hydrogen-bond donors (Lipinski definition) is 2. The molecule has 4 fully saturated rings. The largest absolute Gasteiger partial charge is 0.349 e. The van der Waals surface area contributed by atoms with Crippen LogP contribution in [0, 0.1) is 16.7 Å². The van der Waals surface area contributed by atoms with Crippen LogP contribution in [0.2, 0.25) is 0 Å². The van der Waals surface area contributed by atoms with E-state index in [1.165, 1.54) is 25.7 Å². The Labute approximate surface area is 110 Å². The highest BCUT2D eigenvalue weighted by Gasteiger charge is 2.60. The van der Waals surface area contributed by atoms with Crippen LogP contribution < -0.4 is 11.1 Å². The number of hydrogen-bond acceptors (Lipinski definition) is 2. The topological polar surface area (TPSA) is 55.1 Å². The molecule has 0 spiro atoms. The molecule has 3 N–H and O–H groups in total. The molecular formula is C15H26N2O. The lowest BCUT2D eigenvalue weighted by molar-refractivity contribution is -0.140. The Morgan fingerprint density at radius 1 is 1.17 bits per heavy atom. The lowest BCUT2D eigenvalue weighted by Crippen LogP contribution is -2.66. The maximum absolute atomic E-state index is 12.0. The zero-order valence-electron chi connectivity index (χ0n) is 11.9. The molecule has 0 aromatic carbocycles. The van der Waals surface area contributed by atoms with Gasteiger partial charge < -0.3 is 11.1 Å². The van der Waals surface area contributed by atoms with Crippen molar-refractivity contribution in [1.29, 1.82) is 0 Å². The summed E-state index contributed by atoms with van der Waals surface area (Å²) in [6.45, 7) is 6.62. The smallest absolute Gasteiger partial charge is 0.237 e. The molecule has 4 aliphatic rings. The Morgan fingerprint density at radius 2 is 1.72 bits per heavy atom. The minimum atomic E-state index is -0.390. The zero-order valence-corrected chi connectivity index (χ0v) is 11.9. The van der Waals surface area contributed by atoms with E-state index in [1.54, 1.807) is 6.92 Å². The van der Waals surface area contributed by atoms with Gasteiger partial charge in [0.05, 0.1) is 6.04 Å². The second-order valence-corrected chi connectivity index (χ2v) is 8.19. The van der Waals surface area contributed by atoms with Gasteiger partial charge in [-0.05, 0) is 62.2 Å². The summed E-state index contributed by atoms with van der Waals surface area (Å²) in [5, 5.41) is 3.31. The first-order chi connectivity index (χ1) is 8.23. The molecule has 4 aliphatic carbocycles. The van der Waals surface area contributed by atoms with Crippen LogP contribution in [-0.2, 0) is 4.79 Å². The van der Waals surface area contributed by atoms with Crippen LogP contribution in [0.4, 0.5) is 0 Å². The summed E-state index contributed by atoms with van der Waals surface area (Å²) in [5.41, 5.74) is 6.66. The predicted molar refractivity (Wildman–Crippen MR) is 71.9 cm³/mol. The fourth-order valence-corrected chi connectivity index (χ4v) is 5.96. The number of nitrogens with one attached hydrogen (secondary N) is 1. The lowest BCUT2D eigenvalue weighted by atomic mass is 9.43. The molecule has 1 amide bonds. The normalized spacial score (nSPS) is 51.2. The molecule has 2 unspecified atom stereocenters. The van der Waals surface area contributed by atoms with E-state index in [4.69, 9.17) is 5.73 Å². The third-order valence-corrected chi connectivity index (χ3v) is 5.43. The van der Waals surface area contributed by atoms with Gasteiger partial charge in [0.15, 0.2) is 0 Å². The van der Waals surface area contributed by atoms with Crippen LogP contribution in [0.25, 0.3) is 0 Å². The zero-order chi connectivity index (χ0) is 13.2. The van der Waals surface area contributed by atoms with Gasteiger partial charge in [-0.25, -0.2) is 0 Å². The van der Waals surface area contributed by atoms with Crippen LogP contribution in [0.3, 0.4) is 0 Å². The molecular weight excluding hydrogens is 224 g/mol. The first-order valence-corrected chi connectivity index (χ1v) is 7.31. The molecule has 0 radical (unpaired) electrons. The molecule has 102 valence electrons. The van der Waals surface area contributed by atoms with Crippen LogP contribution in [0.5, 0.6) is 0 Å². The van der Waals surface area contributed by atoms with Gasteiger partial charge in [-0.3, -0.25) is 4.79 Å². The van der Waals surface area contributed by atoms with Gasteiger partial charge >= 0.3 is 0 Å². The van der Waals surface area contributed by atoms with Crippen molar-refractivity contribution in [2.24, 2.45) is 22.5 Å². The Hall–Kier alpha value is -0.570. The fraction of sp³-hybridized carbons (Fsp3) is 0.933. The second-order valence-electron chi connectivity index (χ2n) is 8.19. The Bertz CT molecular complexity index is 372. The lowest BCUT2D eigenvalue weighted by Gasteiger charge is -2.65. The van der Waals surface area contributed by atoms with Crippen LogP contribution in [-0.4, -0.2) is 17.5 Å². The van der Waals surface area contributed by atoms with Crippen molar-refractivity contribution >= 4 is 5.91 Å². The van der Waals surface area contributed by atoms with Crippen LogP contribution in [0.1, 0.15) is 59.3 Å². The van der Waals surface area contributed by atoms with Crippen molar-refractivity contribution in [3.05, 3.63) is 0 Å². The number of carbonyl (C=O) groups excluding carboxylic acids is 1. The number of nitrogens with two attached hydrogens (primary N) is 1. The molecule has 4 bridgehead atoms. The number of rotatable bonds is 2. The van der Waals surface area contributed by atoms with E-state index in [1.807, 2.05) is 0 Å². The van der Waals surface area contributed by atoms with Crippen molar-refractivity contribution in [3.8, 4) is 0 Å². The maximum Gasteiger partial charge on any atom is 0.237 e. The van der Waals surface area contributed by atoms with Crippen LogP contribution >= 0.6 is 0 Å². The van der Waals surface area contributed by atoms with Crippen molar-refractivity contribution in [2.45, 2.75) is 70.9 Å². The molecule has 0 saturated heterocycles. The van der Waals surface area contributed by atoms with E-state index in [2.05, 4.69) is 19.2 Å². The second kappa shape index (κ2) is 3.50. The van der Waals surface area contributed by atoms with Gasteiger partial charge in [0.25, 0.3) is 0 Å². The van der Waals surface area contributed by atoms with Gasteiger partial charge in [0.2, 0.25) is 5.91 Å². The quantitative estimate of drug-likeness (QED) is 0.789. The minimum Gasteiger partial charge on any atom is -0.349 e. The highest BCUT2D eigenvalue weighted by Crippen LogP contribution is 2.66. The van der Waals surface area contributed by atoms with Crippen LogP contribution in [0.15, 0.2) is 0 Å². The third kappa shape index (κ3) is 1.87. The maximum atomic E-state index is 12.0.